The molecule has 2 atom stereocenters. The molecule has 4 heteroatoms. The fourth-order valence-electron chi connectivity index (χ4n) is 1.58. The molecule has 2 N–H and O–H groups in total. The van der Waals surface area contributed by atoms with E-state index in [1.54, 1.807) is 4.90 Å². The highest BCUT2D eigenvalue weighted by molar-refractivity contribution is 5.82. The van der Waals surface area contributed by atoms with Crippen LogP contribution in [0.1, 0.15) is 13.3 Å². The van der Waals surface area contributed by atoms with Crippen molar-refractivity contribution in [2.24, 2.45) is 0 Å². The summed E-state index contributed by atoms with van der Waals surface area (Å²) >= 11 is 0. The summed E-state index contributed by atoms with van der Waals surface area (Å²) in [6, 6.07) is -0.265. The Morgan fingerprint density at radius 3 is 2.93 bits per heavy atom. The van der Waals surface area contributed by atoms with Gasteiger partial charge < -0.3 is 15.3 Å². The van der Waals surface area contributed by atoms with Crippen LogP contribution in [0.2, 0.25) is 0 Å². The van der Waals surface area contributed by atoms with Crippen molar-refractivity contribution in [3.05, 3.63) is 0 Å². The molecule has 14 heavy (non-hydrogen) atoms. The number of aliphatic hydroxyl groups excluding tert-OH is 1. The molecule has 0 aromatic rings. The van der Waals surface area contributed by atoms with Gasteiger partial charge in [0.1, 0.15) is 0 Å². The lowest BCUT2D eigenvalue weighted by molar-refractivity contribution is -0.132. The molecule has 1 saturated heterocycles. The first-order valence-corrected chi connectivity index (χ1v) is 4.82. The molecule has 1 aliphatic rings. The van der Waals surface area contributed by atoms with Crippen molar-refractivity contribution in [2.45, 2.75) is 25.5 Å². The lowest BCUT2D eigenvalue weighted by Crippen LogP contribution is -2.43. The molecule has 0 radical (unpaired) electrons. The minimum absolute atomic E-state index is 0.0120. The molecule has 2 unspecified atom stereocenters. The van der Waals surface area contributed by atoms with Crippen LogP contribution in [0.3, 0.4) is 0 Å². The van der Waals surface area contributed by atoms with E-state index in [1.165, 1.54) is 0 Å². The first kappa shape index (κ1) is 11.0. The zero-order valence-corrected chi connectivity index (χ0v) is 8.36. The normalized spacial score (nSPS) is 25.8. The number of nitrogens with one attached hydrogen (secondary N) is 1. The largest absolute Gasteiger partial charge is 0.392 e. The molecule has 1 rings (SSSR count). The number of hydrogen-bond donors (Lipinski definition) is 2. The van der Waals surface area contributed by atoms with Crippen molar-refractivity contribution in [1.82, 2.24) is 10.2 Å². The summed E-state index contributed by atoms with van der Waals surface area (Å²) in [6.45, 7) is 3.32. The molecule has 1 aliphatic heterocycles. The highest BCUT2D eigenvalue weighted by Crippen LogP contribution is 2.09. The quantitative estimate of drug-likeness (QED) is 0.581. The monoisotopic (exact) mass is 196 g/mol. The van der Waals surface area contributed by atoms with Gasteiger partial charge in [-0.2, -0.15) is 0 Å². The van der Waals surface area contributed by atoms with Gasteiger partial charge in [-0.25, -0.2) is 0 Å². The Labute approximate surface area is 84.3 Å². The number of terminal acetylenes is 1. The Morgan fingerprint density at radius 1 is 1.79 bits per heavy atom. The second-order valence-corrected chi connectivity index (χ2v) is 3.41. The SMILES string of the molecule is C#CCN(CC)C(=O)C1CC(O)CN1. The van der Waals surface area contributed by atoms with Crippen LogP contribution < -0.4 is 5.32 Å². The molecule has 0 aromatic carbocycles. The lowest BCUT2D eigenvalue weighted by atomic mass is 10.2. The molecule has 0 aromatic heterocycles. The van der Waals surface area contributed by atoms with Crippen molar-refractivity contribution < 1.29 is 9.90 Å². The topological polar surface area (TPSA) is 52.6 Å². The Bertz CT molecular complexity index is 247. The number of rotatable bonds is 3. The molecule has 1 heterocycles. The van der Waals surface area contributed by atoms with Gasteiger partial charge in [-0.05, 0) is 13.3 Å². The van der Waals surface area contributed by atoms with Crippen molar-refractivity contribution in [1.29, 1.82) is 0 Å². The summed E-state index contributed by atoms with van der Waals surface area (Å²) in [5.41, 5.74) is 0. The molecule has 1 amide bonds. The molecule has 0 aliphatic carbocycles. The van der Waals surface area contributed by atoms with E-state index in [2.05, 4.69) is 11.2 Å². The average Bonchev–Trinajstić information content (AvgIpc) is 2.60. The van der Waals surface area contributed by atoms with Crippen LogP contribution in [0.15, 0.2) is 0 Å². The van der Waals surface area contributed by atoms with E-state index >= 15 is 0 Å². The highest BCUT2D eigenvalue weighted by Gasteiger charge is 2.30. The third-order valence-corrected chi connectivity index (χ3v) is 2.38. The Kier molecular flexibility index (Phi) is 3.93. The second kappa shape index (κ2) is 4.99. The summed E-state index contributed by atoms with van der Waals surface area (Å²) in [4.78, 5) is 13.4. The summed E-state index contributed by atoms with van der Waals surface area (Å²) in [5, 5.41) is 12.2. The smallest absolute Gasteiger partial charge is 0.240 e. The maximum absolute atomic E-state index is 11.8. The number of β-amino-alcohol motifs (C(OH)–C–C–N with tert-alkyl or cyclic N) is 1. The van der Waals surface area contributed by atoms with Crippen molar-refractivity contribution >= 4 is 5.91 Å². The third-order valence-electron chi connectivity index (χ3n) is 2.38. The molecule has 0 saturated carbocycles. The van der Waals surface area contributed by atoms with Crippen LogP contribution in [0.25, 0.3) is 0 Å². The summed E-state index contributed by atoms with van der Waals surface area (Å²) < 4.78 is 0. The molecule has 0 bridgehead atoms. The highest BCUT2D eigenvalue weighted by atomic mass is 16.3. The number of carbonyl (C=O) groups excluding carboxylic acids is 1. The summed E-state index contributed by atoms with van der Waals surface area (Å²) in [7, 11) is 0. The standard InChI is InChI=1S/C10H16N2O2/c1-3-5-12(4-2)10(14)9-6-8(13)7-11-9/h1,8-9,11,13H,4-7H2,2H3. The number of hydrogen-bond acceptors (Lipinski definition) is 3. The zero-order chi connectivity index (χ0) is 10.6. The first-order valence-electron chi connectivity index (χ1n) is 4.82. The van der Waals surface area contributed by atoms with Crippen molar-refractivity contribution in [3.63, 3.8) is 0 Å². The van der Waals surface area contributed by atoms with Gasteiger partial charge in [0, 0.05) is 13.1 Å². The third kappa shape index (κ3) is 2.47. The van der Waals surface area contributed by atoms with Gasteiger partial charge in [0.15, 0.2) is 0 Å². The van der Waals surface area contributed by atoms with E-state index in [4.69, 9.17) is 6.42 Å². The van der Waals surface area contributed by atoms with E-state index in [1.807, 2.05) is 6.92 Å². The summed E-state index contributed by atoms with van der Waals surface area (Å²) in [5.74, 6) is 2.44. The fraction of sp³-hybridized carbons (Fsp3) is 0.700. The van der Waals surface area contributed by atoms with Crippen LogP contribution >= 0.6 is 0 Å². The van der Waals surface area contributed by atoms with E-state index in [9.17, 15) is 9.90 Å². The minimum Gasteiger partial charge on any atom is -0.392 e. The maximum Gasteiger partial charge on any atom is 0.240 e. The Balaban J connectivity index is 2.51. The van der Waals surface area contributed by atoms with Crippen LogP contribution in [0.4, 0.5) is 0 Å². The van der Waals surface area contributed by atoms with Gasteiger partial charge in [0.05, 0.1) is 18.7 Å². The van der Waals surface area contributed by atoms with E-state index < -0.39 is 6.10 Å². The number of carbonyl (C=O) groups is 1. The zero-order valence-electron chi connectivity index (χ0n) is 8.36. The maximum atomic E-state index is 11.8. The van der Waals surface area contributed by atoms with Crippen molar-refractivity contribution in [2.75, 3.05) is 19.6 Å². The lowest BCUT2D eigenvalue weighted by Gasteiger charge is -2.21. The van der Waals surface area contributed by atoms with Gasteiger partial charge in [-0.3, -0.25) is 4.79 Å². The second-order valence-electron chi connectivity index (χ2n) is 3.41. The average molecular weight is 196 g/mol. The van der Waals surface area contributed by atoms with Gasteiger partial charge >= 0.3 is 0 Å². The van der Waals surface area contributed by atoms with E-state index in [-0.39, 0.29) is 11.9 Å². The Hall–Kier alpha value is -1.05. The summed E-state index contributed by atoms with van der Waals surface area (Å²) in [6.07, 6.45) is 5.23. The van der Waals surface area contributed by atoms with E-state index in [0.29, 0.717) is 26.1 Å². The number of nitrogens with zero attached hydrogens (tertiary/aromatic N) is 1. The van der Waals surface area contributed by atoms with E-state index in [0.717, 1.165) is 0 Å². The van der Waals surface area contributed by atoms with Crippen molar-refractivity contribution in [3.8, 4) is 12.3 Å². The van der Waals surface area contributed by atoms with Crippen LogP contribution in [0.5, 0.6) is 0 Å². The number of amides is 1. The molecular formula is C10H16N2O2. The molecular weight excluding hydrogens is 180 g/mol. The van der Waals surface area contributed by atoms with Crippen LogP contribution in [0, 0.1) is 12.3 Å². The Morgan fingerprint density at radius 2 is 2.50 bits per heavy atom. The first-order chi connectivity index (χ1) is 6.69. The molecule has 0 spiro atoms. The molecule has 78 valence electrons. The fourth-order valence-corrected chi connectivity index (χ4v) is 1.58. The van der Waals surface area contributed by atoms with Gasteiger partial charge in [-0.15, -0.1) is 6.42 Å². The molecule has 1 fully saturated rings. The number of likely N-dealkylation sites (N-methyl/N-ethyl adjacent to an activating group) is 1. The van der Waals surface area contributed by atoms with Gasteiger partial charge in [0.2, 0.25) is 5.91 Å². The minimum atomic E-state index is -0.409. The van der Waals surface area contributed by atoms with Gasteiger partial charge in [-0.1, -0.05) is 5.92 Å². The predicted octanol–water partition coefficient (Wildman–Crippen LogP) is -0.809. The van der Waals surface area contributed by atoms with Gasteiger partial charge in [0.25, 0.3) is 0 Å². The predicted molar refractivity (Wildman–Crippen MR) is 53.5 cm³/mol. The van der Waals surface area contributed by atoms with Crippen LogP contribution in [-0.4, -0.2) is 47.7 Å². The van der Waals surface area contributed by atoms with Crippen LogP contribution in [-0.2, 0) is 4.79 Å². The number of aliphatic hydroxyl groups is 1. The molecule has 4 nitrogen and oxygen atoms in total.